The van der Waals surface area contributed by atoms with Crippen LogP contribution in [-0.4, -0.2) is 18.4 Å². The van der Waals surface area contributed by atoms with Gasteiger partial charge >= 0.3 is 6.16 Å². The smallest absolute Gasteiger partial charge is 0.434 e. The zero-order valence-corrected chi connectivity index (χ0v) is 16.7. The molecule has 0 radical (unpaired) electrons. The summed E-state index contributed by atoms with van der Waals surface area (Å²) in [4.78, 5) is 12.0. The second-order valence-electron chi connectivity index (χ2n) is 7.70. The number of allylic oxidation sites excluding steroid dienone is 1. The SMILES string of the molecule is C=CC(C)CC(C)(C)OC(=O)OCC(CCCC)CCCCCC. The summed E-state index contributed by atoms with van der Waals surface area (Å²) in [7, 11) is 0. The predicted molar refractivity (Wildman–Crippen MR) is 102 cm³/mol. The van der Waals surface area contributed by atoms with Crippen molar-refractivity contribution >= 4 is 6.16 Å². The molecule has 3 nitrogen and oxygen atoms in total. The van der Waals surface area contributed by atoms with Gasteiger partial charge in [-0.15, -0.1) is 6.58 Å². The Hall–Kier alpha value is -0.990. The van der Waals surface area contributed by atoms with Crippen LogP contribution in [-0.2, 0) is 9.47 Å². The first-order valence-corrected chi connectivity index (χ1v) is 9.82. The van der Waals surface area contributed by atoms with Gasteiger partial charge in [0, 0.05) is 0 Å². The van der Waals surface area contributed by atoms with Crippen LogP contribution in [0.2, 0.25) is 0 Å². The second-order valence-corrected chi connectivity index (χ2v) is 7.70. The Bertz CT molecular complexity index is 336. The van der Waals surface area contributed by atoms with E-state index in [0.29, 0.717) is 18.4 Å². The van der Waals surface area contributed by atoms with Crippen molar-refractivity contribution in [3.8, 4) is 0 Å². The van der Waals surface area contributed by atoms with E-state index in [-0.39, 0.29) is 0 Å². The predicted octanol–water partition coefficient (Wildman–Crippen LogP) is 6.91. The van der Waals surface area contributed by atoms with E-state index in [1.165, 1.54) is 38.5 Å². The van der Waals surface area contributed by atoms with Crippen molar-refractivity contribution in [3.05, 3.63) is 12.7 Å². The maximum absolute atomic E-state index is 12.0. The van der Waals surface area contributed by atoms with Gasteiger partial charge in [0.15, 0.2) is 0 Å². The van der Waals surface area contributed by atoms with Crippen molar-refractivity contribution in [3.63, 3.8) is 0 Å². The Morgan fingerprint density at radius 1 is 1.08 bits per heavy atom. The van der Waals surface area contributed by atoms with E-state index in [4.69, 9.17) is 9.47 Å². The van der Waals surface area contributed by atoms with E-state index >= 15 is 0 Å². The lowest BCUT2D eigenvalue weighted by Gasteiger charge is -2.27. The van der Waals surface area contributed by atoms with Crippen molar-refractivity contribution in [2.75, 3.05) is 6.61 Å². The van der Waals surface area contributed by atoms with Gasteiger partial charge in [0.25, 0.3) is 0 Å². The fourth-order valence-electron chi connectivity index (χ4n) is 3.00. The van der Waals surface area contributed by atoms with E-state index in [2.05, 4.69) is 27.4 Å². The molecule has 0 aliphatic rings. The maximum Gasteiger partial charge on any atom is 0.508 e. The summed E-state index contributed by atoms with van der Waals surface area (Å²) in [6, 6.07) is 0. The van der Waals surface area contributed by atoms with E-state index in [9.17, 15) is 4.79 Å². The van der Waals surface area contributed by atoms with Gasteiger partial charge < -0.3 is 9.47 Å². The highest BCUT2D eigenvalue weighted by Crippen LogP contribution is 2.23. The largest absolute Gasteiger partial charge is 0.508 e. The quantitative estimate of drug-likeness (QED) is 0.196. The zero-order chi connectivity index (χ0) is 18.4. The molecule has 0 bridgehead atoms. The third-order valence-corrected chi connectivity index (χ3v) is 4.44. The molecule has 0 aliphatic carbocycles. The standard InChI is InChI=1S/C21H40O3/c1-7-10-12-13-15-19(14-11-8-2)17-23-20(22)24-21(5,6)16-18(4)9-3/h9,18-19H,3,7-8,10-17H2,1-2,4-6H3. The maximum atomic E-state index is 12.0. The van der Waals surface area contributed by atoms with Crippen molar-refractivity contribution in [2.24, 2.45) is 11.8 Å². The minimum absolute atomic E-state index is 0.309. The Labute approximate surface area is 150 Å². The average Bonchev–Trinajstić information content (AvgIpc) is 2.52. The number of ether oxygens (including phenoxy) is 2. The van der Waals surface area contributed by atoms with E-state index in [1.54, 1.807) is 0 Å². The highest BCUT2D eigenvalue weighted by atomic mass is 16.7. The topological polar surface area (TPSA) is 35.5 Å². The van der Waals surface area contributed by atoms with Gasteiger partial charge in [0.05, 0.1) is 6.61 Å². The summed E-state index contributed by atoms with van der Waals surface area (Å²) in [5.74, 6) is 0.772. The van der Waals surface area contributed by atoms with E-state index in [0.717, 1.165) is 19.3 Å². The van der Waals surface area contributed by atoms with Gasteiger partial charge in [-0.2, -0.15) is 0 Å². The molecule has 0 aliphatic heterocycles. The van der Waals surface area contributed by atoms with Gasteiger partial charge in [0.1, 0.15) is 5.60 Å². The molecule has 0 spiro atoms. The van der Waals surface area contributed by atoms with Crippen LogP contribution in [0, 0.1) is 11.8 Å². The Morgan fingerprint density at radius 3 is 2.29 bits per heavy atom. The fourth-order valence-corrected chi connectivity index (χ4v) is 3.00. The molecule has 0 aromatic carbocycles. The molecule has 0 N–H and O–H groups in total. The Morgan fingerprint density at radius 2 is 1.71 bits per heavy atom. The lowest BCUT2D eigenvalue weighted by Crippen LogP contribution is -2.31. The molecule has 0 saturated heterocycles. The highest BCUT2D eigenvalue weighted by molar-refractivity contribution is 5.60. The normalized spacial score (nSPS) is 14.0. The van der Waals surface area contributed by atoms with E-state index in [1.807, 2.05) is 19.9 Å². The Balaban J connectivity index is 4.24. The van der Waals surface area contributed by atoms with Crippen LogP contribution in [0.4, 0.5) is 4.79 Å². The van der Waals surface area contributed by atoms with Crippen LogP contribution < -0.4 is 0 Å². The number of rotatable bonds is 14. The molecule has 0 aromatic rings. The third kappa shape index (κ3) is 12.4. The Kier molecular flexibility index (Phi) is 12.8. The first kappa shape index (κ1) is 23.0. The summed E-state index contributed by atoms with van der Waals surface area (Å²) < 4.78 is 10.9. The number of unbranched alkanes of at least 4 members (excludes halogenated alkanes) is 4. The van der Waals surface area contributed by atoms with Gasteiger partial charge in [-0.1, -0.05) is 65.4 Å². The number of hydrogen-bond donors (Lipinski definition) is 0. The molecule has 2 unspecified atom stereocenters. The van der Waals surface area contributed by atoms with Gasteiger partial charge in [0.2, 0.25) is 0 Å². The van der Waals surface area contributed by atoms with Crippen molar-refractivity contribution in [2.45, 2.75) is 98.0 Å². The van der Waals surface area contributed by atoms with Crippen LogP contribution in [0.5, 0.6) is 0 Å². The summed E-state index contributed by atoms with van der Waals surface area (Å²) in [5, 5.41) is 0. The molecular weight excluding hydrogens is 300 g/mol. The van der Waals surface area contributed by atoms with Crippen molar-refractivity contribution in [1.29, 1.82) is 0 Å². The molecule has 0 aromatic heterocycles. The number of carbonyl (C=O) groups excluding carboxylic acids is 1. The van der Waals surface area contributed by atoms with Gasteiger partial charge in [-0.05, 0) is 44.9 Å². The van der Waals surface area contributed by atoms with Crippen molar-refractivity contribution in [1.82, 2.24) is 0 Å². The molecule has 2 atom stereocenters. The molecule has 3 heteroatoms. The van der Waals surface area contributed by atoms with Gasteiger partial charge in [-0.25, -0.2) is 4.79 Å². The van der Waals surface area contributed by atoms with Gasteiger partial charge in [-0.3, -0.25) is 0 Å². The summed E-state index contributed by atoms with van der Waals surface area (Å²) >= 11 is 0. The molecule has 142 valence electrons. The molecule has 0 heterocycles. The van der Waals surface area contributed by atoms with Crippen LogP contribution in [0.3, 0.4) is 0 Å². The molecule has 0 fully saturated rings. The third-order valence-electron chi connectivity index (χ3n) is 4.44. The summed E-state index contributed by atoms with van der Waals surface area (Å²) in [5.41, 5.74) is -0.523. The second kappa shape index (κ2) is 13.3. The van der Waals surface area contributed by atoms with Crippen molar-refractivity contribution < 1.29 is 14.3 Å². The van der Waals surface area contributed by atoms with Crippen LogP contribution >= 0.6 is 0 Å². The molecular formula is C21H40O3. The summed E-state index contributed by atoms with van der Waals surface area (Å²) in [6.07, 6.45) is 11.8. The molecule has 0 amide bonds. The fraction of sp³-hybridized carbons (Fsp3) is 0.857. The molecule has 24 heavy (non-hydrogen) atoms. The van der Waals surface area contributed by atoms with Crippen LogP contribution in [0.15, 0.2) is 12.7 Å². The lowest BCUT2D eigenvalue weighted by atomic mass is 9.95. The average molecular weight is 341 g/mol. The highest BCUT2D eigenvalue weighted by Gasteiger charge is 2.26. The monoisotopic (exact) mass is 340 g/mol. The lowest BCUT2D eigenvalue weighted by molar-refractivity contribution is -0.0301. The van der Waals surface area contributed by atoms with Crippen LogP contribution in [0.1, 0.15) is 92.4 Å². The summed E-state index contributed by atoms with van der Waals surface area (Å²) in [6.45, 7) is 14.6. The van der Waals surface area contributed by atoms with Crippen LogP contribution in [0.25, 0.3) is 0 Å². The number of hydrogen-bond acceptors (Lipinski definition) is 3. The molecule has 0 rings (SSSR count). The first-order valence-electron chi connectivity index (χ1n) is 9.82. The zero-order valence-electron chi connectivity index (χ0n) is 16.7. The molecule has 0 saturated carbocycles. The minimum Gasteiger partial charge on any atom is -0.434 e. The number of carbonyl (C=O) groups is 1. The van der Waals surface area contributed by atoms with E-state index < -0.39 is 11.8 Å². The first-order chi connectivity index (χ1) is 11.3. The minimum atomic E-state index is -0.536.